The highest BCUT2D eigenvalue weighted by Crippen LogP contribution is 2.19. The second kappa shape index (κ2) is 10.3. The first-order valence-electron chi connectivity index (χ1n) is 8.82. The number of ether oxygens (including phenoxy) is 1. The Morgan fingerprint density at radius 1 is 1.33 bits per heavy atom. The lowest BCUT2D eigenvalue weighted by molar-refractivity contribution is -0.146. The summed E-state index contributed by atoms with van der Waals surface area (Å²) in [5, 5.41) is 3.44. The van der Waals surface area contributed by atoms with Crippen molar-refractivity contribution in [3.8, 4) is 5.69 Å². The summed E-state index contributed by atoms with van der Waals surface area (Å²) in [6.45, 7) is 2.25. The first-order valence-corrected chi connectivity index (χ1v) is 8.82. The molecule has 8 heteroatoms. The minimum absolute atomic E-state index is 0. The van der Waals surface area contributed by atoms with Crippen LogP contribution < -0.4 is 5.32 Å². The molecular formula is C19H26IN5O2. The molecule has 146 valence electrons. The normalized spacial score (nSPS) is 15.2. The summed E-state index contributed by atoms with van der Waals surface area (Å²) < 4.78 is 6.86. The van der Waals surface area contributed by atoms with Crippen molar-refractivity contribution in [2.75, 3.05) is 27.2 Å². The lowest BCUT2D eigenvalue weighted by Gasteiger charge is -2.33. The van der Waals surface area contributed by atoms with E-state index >= 15 is 0 Å². The van der Waals surface area contributed by atoms with Crippen LogP contribution in [0.15, 0.2) is 48.0 Å². The number of nitrogens with zero attached hydrogens (tertiary/aromatic N) is 4. The molecule has 1 fully saturated rings. The van der Waals surface area contributed by atoms with Crippen molar-refractivity contribution in [2.45, 2.75) is 19.4 Å². The number of aliphatic imine (C=N–C) groups is 1. The Bertz CT molecular complexity index is 755. The topological polar surface area (TPSA) is 71.8 Å². The molecule has 0 amide bonds. The van der Waals surface area contributed by atoms with Gasteiger partial charge < -0.3 is 19.5 Å². The van der Waals surface area contributed by atoms with Crippen LogP contribution in [-0.4, -0.2) is 53.6 Å². The fourth-order valence-electron chi connectivity index (χ4n) is 3.31. The van der Waals surface area contributed by atoms with Gasteiger partial charge in [0, 0.05) is 39.1 Å². The fraction of sp³-hybridized carbons (Fsp3) is 0.421. The average molecular weight is 483 g/mol. The maximum absolute atomic E-state index is 11.7. The molecule has 3 rings (SSSR count). The Kier molecular flexibility index (Phi) is 8.08. The first-order chi connectivity index (χ1) is 12.7. The third-order valence-corrected chi connectivity index (χ3v) is 4.75. The largest absolute Gasteiger partial charge is 0.469 e. The molecule has 27 heavy (non-hydrogen) atoms. The number of aromatic nitrogens is 2. The molecule has 0 atom stereocenters. The molecule has 1 saturated heterocycles. The molecule has 1 aliphatic rings. The van der Waals surface area contributed by atoms with Crippen molar-refractivity contribution in [3.63, 3.8) is 0 Å². The van der Waals surface area contributed by atoms with Crippen molar-refractivity contribution in [2.24, 2.45) is 10.9 Å². The van der Waals surface area contributed by atoms with Gasteiger partial charge in [-0.2, -0.15) is 0 Å². The number of likely N-dealkylation sites (tertiary alicyclic amines) is 1. The third-order valence-electron chi connectivity index (χ3n) is 4.75. The number of imidazole rings is 1. The summed E-state index contributed by atoms with van der Waals surface area (Å²) >= 11 is 0. The second-order valence-electron chi connectivity index (χ2n) is 6.28. The summed E-state index contributed by atoms with van der Waals surface area (Å²) in [5.74, 6) is 0.743. The summed E-state index contributed by atoms with van der Waals surface area (Å²) in [4.78, 5) is 22.4. The third kappa shape index (κ3) is 5.21. The lowest BCUT2D eigenvalue weighted by atomic mass is 9.97. The average Bonchev–Trinajstić information content (AvgIpc) is 3.23. The van der Waals surface area contributed by atoms with Gasteiger partial charge in [-0.05, 0) is 24.5 Å². The Balaban J connectivity index is 0.00000261. The van der Waals surface area contributed by atoms with Crippen LogP contribution in [0.1, 0.15) is 18.4 Å². The Labute approximate surface area is 176 Å². The molecule has 0 unspecified atom stereocenters. The molecule has 0 saturated carbocycles. The number of carbonyl (C=O) groups excluding carboxylic acids is 1. The standard InChI is InChI=1S/C19H25N5O2.HI/c1-20-19(23-10-7-15(8-11-23)18(25)26-2)22-13-16-5-3-4-6-17(16)24-12-9-21-14-24;/h3-6,9,12,14-15H,7-8,10-11,13H2,1-2H3,(H,20,22);1H. The van der Waals surface area contributed by atoms with Crippen molar-refractivity contribution in [1.82, 2.24) is 19.8 Å². The minimum atomic E-state index is -0.109. The zero-order valence-electron chi connectivity index (χ0n) is 15.7. The van der Waals surface area contributed by atoms with Crippen LogP contribution in [0.2, 0.25) is 0 Å². The first kappa shape index (κ1) is 21.2. The predicted octanol–water partition coefficient (Wildman–Crippen LogP) is 2.45. The highest BCUT2D eigenvalue weighted by Gasteiger charge is 2.26. The van der Waals surface area contributed by atoms with Gasteiger partial charge in [-0.15, -0.1) is 24.0 Å². The number of esters is 1. The van der Waals surface area contributed by atoms with E-state index in [-0.39, 0.29) is 35.9 Å². The Hall–Kier alpha value is -2.10. The molecule has 7 nitrogen and oxygen atoms in total. The van der Waals surface area contributed by atoms with E-state index in [0.717, 1.165) is 43.1 Å². The van der Waals surface area contributed by atoms with Gasteiger partial charge in [-0.1, -0.05) is 18.2 Å². The quantitative estimate of drug-likeness (QED) is 0.313. The molecule has 1 aromatic carbocycles. The van der Waals surface area contributed by atoms with Gasteiger partial charge >= 0.3 is 5.97 Å². The van der Waals surface area contributed by atoms with Gasteiger partial charge in [0.1, 0.15) is 0 Å². The number of hydrogen-bond acceptors (Lipinski definition) is 4. The lowest BCUT2D eigenvalue weighted by Crippen LogP contribution is -2.46. The number of hydrogen-bond donors (Lipinski definition) is 1. The Morgan fingerprint density at radius 2 is 2.07 bits per heavy atom. The molecule has 0 spiro atoms. The van der Waals surface area contributed by atoms with Crippen LogP contribution >= 0.6 is 24.0 Å². The van der Waals surface area contributed by atoms with E-state index in [1.54, 1.807) is 19.6 Å². The molecule has 1 N–H and O–H groups in total. The second-order valence-corrected chi connectivity index (χ2v) is 6.28. The molecule has 0 bridgehead atoms. The summed E-state index contributed by atoms with van der Waals surface area (Å²) in [5.41, 5.74) is 2.26. The van der Waals surface area contributed by atoms with Gasteiger partial charge in [0.25, 0.3) is 0 Å². The summed E-state index contributed by atoms with van der Waals surface area (Å²) in [7, 11) is 3.24. The fourth-order valence-corrected chi connectivity index (χ4v) is 3.31. The van der Waals surface area contributed by atoms with Crippen LogP contribution in [0.3, 0.4) is 0 Å². The summed E-state index contributed by atoms with van der Waals surface area (Å²) in [6.07, 6.45) is 7.09. The van der Waals surface area contributed by atoms with Crippen molar-refractivity contribution >= 4 is 35.9 Å². The van der Waals surface area contributed by atoms with E-state index in [9.17, 15) is 4.79 Å². The highest BCUT2D eigenvalue weighted by molar-refractivity contribution is 14.0. The number of rotatable bonds is 4. The SMILES string of the molecule is CN=C(NCc1ccccc1-n1ccnc1)N1CCC(C(=O)OC)CC1.I. The number of halogens is 1. The van der Waals surface area contributed by atoms with Gasteiger partial charge in [-0.25, -0.2) is 4.98 Å². The molecule has 1 aromatic heterocycles. The van der Waals surface area contributed by atoms with E-state index in [4.69, 9.17) is 4.74 Å². The maximum Gasteiger partial charge on any atom is 0.308 e. The molecule has 2 heterocycles. The van der Waals surface area contributed by atoms with Crippen molar-refractivity contribution in [1.29, 1.82) is 0 Å². The van der Waals surface area contributed by atoms with Crippen LogP contribution in [-0.2, 0) is 16.1 Å². The predicted molar refractivity (Wildman–Crippen MR) is 115 cm³/mol. The zero-order valence-corrected chi connectivity index (χ0v) is 18.0. The smallest absolute Gasteiger partial charge is 0.308 e. The van der Waals surface area contributed by atoms with Crippen LogP contribution in [0.5, 0.6) is 0 Å². The van der Waals surface area contributed by atoms with E-state index in [1.165, 1.54) is 7.11 Å². The number of guanidine groups is 1. The number of methoxy groups -OCH3 is 1. The Morgan fingerprint density at radius 3 is 2.70 bits per heavy atom. The van der Waals surface area contributed by atoms with Crippen LogP contribution in [0.4, 0.5) is 0 Å². The monoisotopic (exact) mass is 483 g/mol. The molecule has 0 aliphatic carbocycles. The van der Waals surface area contributed by atoms with E-state index in [1.807, 2.05) is 22.9 Å². The number of para-hydroxylation sites is 1. The van der Waals surface area contributed by atoms with Crippen LogP contribution in [0.25, 0.3) is 5.69 Å². The number of nitrogens with one attached hydrogen (secondary N) is 1. The van der Waals surface area contributed by atoms with Crippen molar-refractivity contribution < 1.29 is 9.53 Å². The minimum Gasteiger partial charge on any atom is -0.469 e. The zero-order chi connectivity index (χ0) is 18.4. The van der Waals surface area contributed by atoms with Gasteiger partial charge in [0.2, 0.25) is 0 Å². The molecular weight excluding hydrogens is 457 g/mol. The van der Waals surface area contributed by atoms with E-state index in [2.05, 4.69) is 32.3 Å². The maximum atomic E-state index is 11.7. The van der Waals surface area contributed by atoms with Crippen molar-refractivity contribution in [3.05, 3.63) is 48.5 Å². The number of benzene rings is 1. The molecule has 0 radical (unpaired) electrons. The highest BCUT2D eigenvalue weighted by atomic mass is 127. The molecule has 2 aromatic rings. The van der Waals surface area contributed by atoms with E-state index in [0.29, 0.717) is 6.54 Å². The van der Waals surface area contributed by atoms with Crippen LogP contribution in [0, 0.1) is 5.92 Å². The summed E-state index contributed by atoms with van der Waals surface area (Å²) in [6, 6.07) is 8.22. The molecule has 1 aliphatic heterocycles. The van der Waals surface area contributed by atoms with Gasteiger partial charge in [0.15, 0.2) is 5.96 Å². The van der Waals surface area contributed by atoms with E-state index < -0.39 is 0 Å². The van der Waals surface area contributed by atoms with Gasteiger partial charge in [-0.3, -0.25) is 9.79 Å². The number of piperidine rings is 1. The van der Waals surface area contributed by atoms with Gasteiger partial charge in [0.05, 0.1) is 25.0 Å². The number of carbonyl (C=O) groups is 1.